The number of ether oxygens (including phenoxy) is 4. The second kappa shape index (κ2) is 14.8. The Hall–Kier alpha value is -5.68. The molecule has 3 aromatic heterocycles. The van der Waals surface area contributed by atoms with Gasteiger partial charge in [-0.2, -0.15) is 0 Å². The third-order valence-electron chi connectivity index (χ3n) is 7.42. The molecular weight excluding hydrogens is 628 g/mol. The number of nitrogens with zero attached hydrogens (tertiary/aromatic N) is 4. The van der Waals surface area contributed by atoms with E-state index in [1.54, 1.807) is 41.3 Å². The van der Waals surface area contributed by atoms with Crippen LogP contribution in [0.4, 0.5) is 0 Å². The number of carbonyl (C=O) groups is 1. The first kappa shape index (κ1) is 32.3. The standard InChI is InChI=1S/C37H34N4O6S/c1-5-34-38-29(23-48-34)16-15-28-20-41(30-12-7-6-8-13-30)40-36(28)46-21-25-14-17-32(33(18-25)43-3)45-22-31-24(2)47-35(39-31)26-10-9-11-27(19-26)37(42)44-4/h6-20,23H,5,21-22H2,1-4H3/b16-15+. The van der Waals surface area contributed by atoms with Crippen molar-refractivity contribution < 1.29 is 28.2 Å². The van der Waals surface area contributed by atoms with Crippen LogP contribution in [0.2, 0.25) is 0 Å². The molecular formula is C37H34N4O6S. The van der Waals surface area contributed by atoms with E-state index in [1.165, 1.54) is 7.11 Å². The van der Waals surface area contributed by atoms with Crippen LogP contribution in [-0.4, -0.2) is 39.9 Å². The lowest BCUT2D eigenvalue weighted by Gasteiger charge is -2.12. The van der Waals surface area contributed by atoms with Crippen molar-refractivity contribution in [2.75, 3.05) is 14.2 Å². The van der Waals surface area contributed by atoms with Gasteiger partial charge in [0, 0.05) is 17.1 Å². The first-order valence-electron chi connectivity index (χ1n) is 15.3. The summed E-state index contributed by atoms with van der Waals surface area (Å²) in [4.78, 5) is 21.2. The number of hydrogen-bond donors (Lipinski definition) is 0. The molecule has 0 unspecified atom stereocenters. The largest absolute Gasteiger partial charge is 0.493 e. The average molecular weight is 663 g/mol. The molecule has 0 amide bonds. The van der Waals surface area contributed by atoms with E-state index in [-0.39, 0.29) is 13.2 Å². The van der Waals surface area contributed by atoms with Crippen LogP contribution in [0.15, 0.2) is 88.8 Å². The van der Waals surface area contributed by atoms with Gasteiger partial charge in [-0.05, 0) is 73.5 Å². The van der Waals surface area contributed by atoms with Crippen LogP contribution in [0.25, 0.3) is 29.3 Å². The summed E-state index contributed by atoms with van der Waals surface area (Å²) < 4.78 is 30.5. The lowest BCUT2D eigenvalue weighted by molar-refractivity contribution is 0.0600. The molecule has 0 fully saturated rings. The molecule has 0 aliphatic heterocycles. The van der Waals surface area contributed by atoms with Crippen molar-refractivity contribution >= 4 is 29.5 Å². The number of carbonyl (C=O) groups excluding carboxylic acids is 1. The topological polar surface area (TPSA) is 111 Å². The predicted octanol–water partition coefficient (Wildman–Crippen LogP) is 7.98. The van der Waals surface area contributed by atoms with Gasteiger partial charge in [0.15, 0.2) is 11.5 Å². The summed E-state index contributed by atoms with van der Waals surface area (Å²) in [7, 11) is 2.93. The van der Waals surface area contributed by atoms with Gasteiger partial charge >= 0.3 is 5.97 Å². The second-order valence-electron chi connectivity index (χ2n) is 10.7. The molecule has 0 saturated heterocycles. The second-order valence-corrected chi connectivity index (χ2v) is 11.6. The number of esters is 1. The van der Waals surface area contributed by atoms with Crippen LogP contribution in [0.1, 0.15) is 50.6 Å². The monoisotopic (exact) mass is 662 g/mol. The lowest BCUT2D eigenvalue weighted by atomic mass is 10.1. The maximum atomic E-state index is 12.0. The first-order chi connectivity index (χ1) is 23.4. The zero-order chi connectivity index (χ0) is 33.5. The van der Waals surface area contributed by atoms with Gasteiger partial charge in [0.25, 0.3) is 0 Å². The minimum absolute atomic E-state index is 0.156. The molecule has 6 aromatic rings. The fraction of sp³-hybridized carbons (Fsp3) is 0.189. The molecule has 244 valence electrons. The third kappa shape index (κ3) is 7.48. The molecule has 3 heterocycles. The SMILES string of the molecule is CCc1nc(/C=C/c2cn(-c3ccccc3)nc2OCc2ccc(OCc3nc(-c4cccc(C(=O)OC)c4)oc3C)c(OC)c2)cs1. The molecule has 0 aliphatic carbocycles. The van der Waals surface area contributed by atoms with Crippen molar-refractivity contribution in [1.82, 2.24) is 19.7 Å². The number of benzene rings is 3. The summed E-state index contributed by atoms with van der Waals surface area (Å²) in [6.07, 6.45) is 6.80. The zero-order valence-corrected chi connectivity index (χ0v) is 27.8. The minimum atomic E-state index is -0.430. The van der Waals surface area contributed by atoms with E-state index in [4.69, 9.17) is 28.5 Å². The van der Waals surface area contributed by atoms with Crippen LogP contribution in [0.5, 0.6) is 17.4 Å². The molecule has 0 saturated carbocycles. The van der Waals surface area contributed by atoms with E-state index in [2.05, 4.69) is 16.9 Å². The van der Waals surface area contributed by atoms with Gasteiger partial charge in [0.2, 0.25) is 11.8 Å². The Morgan fingerprint density at radius 3 is 2.56 bits per heavy atom. The highest BCUT2D eigenvalue weighted by Crippen LogP contribution is 2.31. The highest BCUT2D eigenvalue weighted by atomic mass is 32.1. The van der Waals surface area contributed by atoms with Crippen LogP contribution >= 0.6 is 11.3 Å². The number of hydrogen-bond acceptors (Lipinski definition) is 10. The molecule has 0 radical (unpaired) electrons. The number of aryl methyl sites for hydroxylation is 2. The number of methoxy groups -OCH3 is 2. The van der Waals surface area contributed by atoms with Crippen LogP contribution < -0.4 is 14.2 Å². The molecule has 48 heavy (non-hydrogen) atoms. The van der Waals surface area contributed by atoms with Gasteiger partial charge in [-0.1, -0.05) is 37.3 Å². The fourth-order valence-electron chi connectivity index (χ4n) is 4.85. The molecule has 0 bridgehead atoms. The third-order valence-corrected chi connectivity index (χ3v) is 8.44. The Bertz CT molecular complexity index is 2050. The normalized spacial score (nSPS) is 11.2. The van der Waals surface area contributed by atoms with Gasteiger partial charge in [-0.3, -0.25) is 0 Å². The summed E-state index contributed by atoms with van der Waals surface area (Å²) in [6, 6.07) is 22.5. The molecule has 10 nitrogen and oxygen atoms in total. The summed E-state index contributed by atoms with van der Waals surface area (Å²) in [5, 5.41) is 7.87. The molecule has 0 N–H and O–H groups in total. The number of rotatable bonds is 13. The van der Waals surface area contributed by atoms with Gasteiger partial charge in [-0.15, -0.1) is 16.4 Å². The molecule has 3 aromatic carbocycles. The van der Waals surface area contributed by atoms with Crippen LogP contribution in [-0.2, 0) is 24.4 Å². The van der Waals surface area contributed by atoms with Gasteiger partial charge < -0.3 is 23.4 Å². The van der Waals surface area contributed by atoms with Gasteiger partial charge in [0.1, 0.15) is 24.7 Å². The molecule has 6 rings (SSSR count). The van der Waals surface area contributed by atoms with Gasteiger partial charge in [-0.25, -0.2) is 19.4 Å². The quantitative estimate of drug-likeness (QED) is 0.114. The van der Waals surface area contributed by atoms with Crippen LogP contribution in [0.3, 0.4) is 0 Å². The number of thiazole rings is 1. The van der Waals surface area contributed by atoms with Crippen molar-refractivity contribution in [1.29, 1.82) is 0 Å². The Balaban J connectivity index is 1.15. The smallest absolute Gasteiger partial charge is 0.337 e. The van der Waals surface area contributed by atoms with E-state index in [0.29, 0.717) is 45.9 Å². The zero-order valence-electron chi connectivity index (χ0n) is 27.0. The van der Waals surface area contributed by atoms with Crippen molar-refractivity contribution in [3.63, 3.8) is 0 Å². The minimum Gasteiger partial charge on any atom is -0.493 e. The average Bonchev–Trinajstić information content (AvgIpc) is 3.87. The summed E-state index contributed by atoms with van der Waals surface area (Å²) >= 11 is 1.65. The van der Waals surface area contributed by atoms with E-state index in [0.717, 1.165) is 33.9 Å². The highest BCUT2D eigenvalue weighted by molar-refractivity contribution is 7.09. The lowest BCUT2D eigenvalue weighted by Crippen LogP contribution is -2.02. The maximum absolute atomic E-state index is 12.0. The summed E-state index contributed by atoms with van der Waals surface area (Å²) in [5.74, 6) is 2.16. The van der Waals surface area contributed by atoms with Crippen LogP contribution in [0, 0.1) is 6.92 Å². The van der Waals surface area contributed by atoms with Gasteiger partial charge in [0.05, 0.1) is 41.7 Å². The Kier molecular flexibility index (Phi) is 9.96. The van der Waals surface area contributed by atoms with Crippen molar-refractivity contribution in [2.45, 2.75) is 33.5 Å². The molecule has 0 spiro atoms. The molecule has 0 aliphatic rings. The van der Waals surface area contributed by atoms with Crippen molar-refractivity contribution in [2.24, 2.45) is 0 Å². The number of oxazole rings is 1. The molecule has 11 heteroatoms. The van der Waals surface area contributed by atoms with E-state index in [1.807, 2.05) is 85.2 Å². The first-order valence-corrected chi connectivity index (χ1v) is 16.2. The summed E-state index contributed by atoms with van der Waals surface area (Å²) in [6.45, 7) is 4.33. The summed E-state index contributed by atoms with van der Waals surface area (Å²) in [5.41, 5.74) is 5.24. The molecule has 0 atom stereocenters. The maximum Gasteiger partial charge on any atom is 0.337 e. The Morgan fingerprint density at radius 1 is 0.938 bits per heavy atom. The predicted molar refractivity (Wildman–Crippen MR) is 184 cm³/mol. The van der Waals surface area contributed by atoms with Crippen molar-refractivity contribution in [3.05, 3.63) is 123 Å². The fourth-order valence-corrected chi connectivity index (χ4v) is 5.56. The Morgan fingerprint density at radius 2 is 1.79 bits per heavy atom. The number of para-hydroxylation sites is 1. The Labute approximate surface area is 282 Å². The van der Waals surface area contributed by atoms with E-state index in [9.17, 15) is 4.79 Å². The van der Waals surface area contributed by atoms with E-state index >= 15 is 0 Å². The van der Waals surface area contributed by atoms with Crippen molar-refractivity contribution in [3.8, 4) is 34.5 Å². The highest BCUT2D eigenvalue weighted by Gasteiger charge is 2.16. The van der Waals surface area contributed by atoms with E-state index < -0.39 is 5.97 Å². The number of aromatic nitrogens is 4.